The van der Waals surface area contributed by atoms with Gasteiger partial charge in [0.2, 0.25) is 5.91 Å². The molecule has 3 rings (SSSR count). The van der Waals surface area contributed by atoms with E-state index in [0.29, 0.717) is 16.9 Å². The fourth-order valence-corrected chi connectivity index (χ4v) is 3.15. The SMILES string of the molecule is COc1cc([C@H]2CC(=O)Nc3c2c(=O)[nH]n3C(C)C)ccc1OC(F)F. The summed E-state index contributed by atoms with van der Waals surface area (Å²) in [6, 6.07) is 4.36. The highest BCUT2D eigenvalue weighted by atomic mass is 19.3. The Balaban J connectivity index is 2.08. The van der Waals surface area contributed by atoms with Crippen molar-refractivity contribution in [3.63, 3.8) is 0 Å². The van der Waals surface area contributed by atoms with E-state index in [-0.39, 0.29) is 35.4 Å². The summed E-state index contributed by atoms with van der Waals surface area (Å²) in [5, 5.41) is 5.47. The van der Waals surface area contributed by atoms with Gasteiger partial charge < -0.3 is 14.8 Å². The van der Waals surface area contributed by atoms with Gasteiger partial charge in [0.05, 0.1) is 12.7 Å². The van der Waals surface area contributed by atoms with Crippen LogP contribution in [0.25, 0.3) is 0 Å². The predicted octanol–water partition coefficient (Wildman–Crippen LogP) is 2.84. The number of halogens is 2. The number of fused-ring (bicyclic) bond motifs is 1. The number of nitrogens with zero attached hydrogens (tertiary/aromatic N) is 1. The van der Waals surface area contributed by atoms with Crippen LogP contribution >= 0.6 is 0 Å². The summed E-state index contributed by atoms with van der Waals surface area (Å²) < 4.78 is 36.1. The minimum absolute atomic E-state index is 0.0538. The summed E-state index contributed by atoms with van der Waals surface area (Å²) in [6.07, 6.45) is 0.0659. The normalized spacial score (nSPS) is 16.6. The van der Waals surface area contributed by atoms with Gasteiger partial charge in [-0.3, -0.25) is 19.4 Å². The highest BCUT2D eigenvalue weighted by Crippen LogP contribution is 2.39. The number of alkyl halides is 2. The van der Waals surface area contributed by atoms with Gasteiger partial charge in [-0.2, -0.15) is 8.78 Å². The average molecular weight is 367 g/mol. The Morgan fingerprint density at radius 3 is 2.58 bits per heavy atom. The predicted molar refractivity (Wildman–Crippen MR) is 90.2 cm³/mol. The van der Waals surface area contributed by atoms with Gasteiger partial charge >= 0.3 is 6.61 Å². The number of hydrogen-bond donors (Lipinski definition) is 2. The molecule has 26 heavy (non-hydrogen) atoms. The smallest absolute Gasteiger partial charge is 0.387 e. The number of nitrogens with one attached hydrogen (secondary N) is 2. The highest BCUT2D eigenvalue weighted by molar-refractivity contribution is 5.94. The molecule has 0 saturated heterocycles. The van der Waals surface area contributed by atoms with Crippen LogP contribution in [0.3, 0.4) is 0 Å². The lowest BCUT2D eigenvalue weighted by atomic mass is 9.87. The molecule has 0 fully saturated rings. The zero-order chi connectivity index (χ0) is 19.0. The molecular formula is C17H19F2N3O4. The van der Waals surface area contributed by atoms with E-state index in [0.717, 1.165) is 0 Å². The fourth-order valence-electron chi connectivity index (χ4n) is 3.15. The maximum atomic E-state index is 12.5. The van der Waals surface area contributed by atoms with E-state index < -0.39 is 12.5 Å². The van der Waals surface area contributed by atoms with E-state index >= 15 is 0 Å². The number of carbonyl (C=O) groups is 1. The van der Waals surface area contributed by atoms with Crippen LogP contribution in [0.4, 0.5) is 14.6 Å². The van der Waals surface area contributed by atoms with E-state index in [2.05, 4.69) is 15.2 Å². The second-order valence-corrected chi connectivity index (χ2v) is 6.26. The monoisotopic (exact) mass is 367 g/mol. The minimum atomic E-state index is -2.98. The van der Waals surface area contributed by atoms with Crippen LogP contribution in [-0.2, 0) is 4.79 Å². The number of methoxy groups -OCH3 is 1. The first kappa shape index (κ1) is 18.0. The number of anilines is 1. The van der Waals surface area contributed by atoms with Crippen molar-refractivity contribution in [2.75, 3.05) is 12.4 Å². The van der Waals surface area contributed by atoms with Crippen molar-refractivity contribution in [1.29, 1.82) is 0 Å². The Bertz CT molecular complexity index is 889. The molecule has 1 aliphatic heterocycles. The van der Waals surface area contributed by atoms with Gasteiger partial charge in [0, 0.05) is 18.4 Å². The van der Waals surface area contributed by atoms with Gasteiger partial charge in [0.25, 0.3) is 5.56 Å². The zero-order valence-electron chi connectivity index (χ0n) is 14.5. The number of amides is 1. The lowest BCUT2D eigenvalue weighted by Gasteiger charge is -2.24. The summed E-state index contributed by atoms with van der Waals surface area (Å²) in [5.74, 6) is -0.326. The summed E-state index contributed by atoms with van der Waals surface area (Å²) in [4.78, 5) is 24.6. The van der Waals surface area contributed by atoms with Crippen molar-refractivity contribution < 1.29 is 23.0 Å². The van der Waals surface area contributed by atoms with Crippen LogP contribution in [0.1, 0.15) is 43.4 Å². The Labute approximate surface area is 147 Å². The fraction of sp³-hybridized carbons (Fsp3) is 0.412. The van der Waals surface area contributed by atoms with Gasteiger partial charge in [0.1, 0.15) is 5.82 Å². The van der Waals surface area contributed by atoms with E-state index in [9.17, 15) is 18.4 Å². The molecule has 0 aliphatic carbocycles. The van der Waals surface area contributed by atoms with Crippen LogP contribution < -0.4 is 20.3 Å². The number of ether oxygens (including phenoxy) is 2. The first-order valence-corrected chi connectivity index (χ1v) is 8.08. The van der Waals surface area contributed by atoms with Crippen LogP contribution in [0.5, 0.6) is 11.5 Å². The second-order valence-electron chi connectivity index (χ2n) is 6.26. The third-order valence-electron chi connectivity index (χ3n) is 4.28. The molecule has 1 aromatic carbocycles. The standard InChI is InChI=1S/C17H19F2N3O4/c1-8(2)22-15-14(16(24)21-22)10(7-13(23)20-15)9-4-5-11(26-17(18)19)12(6-9)25-3/h4-6,8,10,17H,7H2,1-3H3,(H,20,23)(H,21,24)/t10-/m1/s1. The molecule has 9 heteroatoms. The summed E-state index contributed by atoms with van der Waals surface area (Å²) >= 11 is 0. The van der Waals surface area contributed by atoms with Crippen LogP contribution in [0.15, 0.2) is 23.0 Å². The van der Waals surface area contributed by atoms with Crippen LogP contribution in [-0.4, -0.2) is 29.4 Å². The average Bonchev–Trinajstić information content (AvgIpc) is 2.91. The highest BCUT2D eigenvalue weighted by Gasteiger charge is 2.33. The Hall–Kier alpha value is -2.84. The van der Waals surface area contributed by atoms with Gasteiger partial charge in [-0.25, -0.2) is 0 Å². The second kappa shape index (κ2) is 6.81. The molecule has 2 aromatic rings. The van der Waals surface area contributed by atoms with Gasteiger partial charge in [-0.05, 0) is 31.5 Å². The largest absolute Gasteiger partial charge is 0.493 e. The number of H-pyrrole nitrogens is 1. The van der Waals surface area contributed by atoms with Gasteiger partial charge in [-0.15, -0.1) is 0 Å². The number of benzene rings is 1. The van der Waals surface area contributed by atoms with E-state index in [1.165, 1.54) is 19.2 Å². The van der Waals surface area contributed by atoms with Crippen molar-refractivity contribution >= 4 is 11.7 Å². The maximum Gasteiger partial charge on any atom is 0.387 e. The third-order valence-corrected chi connectivity index (χ3v) is 4.28. The molecule has 7 nitrogen and oxygen atoms in total. The number of hydrogen-bond acceptors (Lipinski definition) is 4. The quantitative estimate of drug-likeness (QED) is 0.851. The Morgan fingerprint density at radius 1 is 1.23 bits per heavy atom. The van der Waals surface area contributed by atoms with Gasteiger partial charge in [-0.1, -0.05) is 6.07 Å². The molecule has 1 aromatic heterocycles. The Kier molecular flexibility index (Phi) is 4.71. The molecular weight excluding hydrogens is 348 g/mol. The van der Waals surface area contributed by atoms with Crippen molar-refractivity contribution in [3.8, 4) is 11.5 Å². The third kappa shape index (κ3) is 3.16. The molecule has 140 valence electrons. The van der Waals surface area contributed by atoms with Crippen LogP contribution in [0, 0.1) is 0 Å². The first-order chi connectivity index (χ1) is 12.3. The minimum Gasteiger partial charge on any atom is -0.493 e. The molecule has 1 amide bonds. The molecule has 0 bridgehead atoms. The van der Waals surface area contributed by atoms with Gasteiger partial charge in [0.15, 0.2) is 11.5 Å². The summed E-state index contributed by atoms with van der Waals surface area (Å²) in [7, 11) is 1.33. The summed E-state index contributed by atoms with van der Waals surface area (Å²) in [6.45, 7) is 0.779. The molecule has 1 atom stereocenters. The molecule has 0 spiro atoms. The molecule has 2 heterocycles. The lowest BCUT2D eigenvalue weighted by molar-refractivity contribution is -0.116. The molecule has 0 radical (unpaired) electrons. The number of aromatic amines is 1. The number of aromatic nitrogens is 2. The topological polar surface area (TPSA) is 85.4 Å². The molecule has 0 saturated carbocycles. The molecule has 1 aliphatic rings. The van der Waals surface area contributed by atoms with Crippen LogP contribution in [0.2, 0.25) is 0 Å². The number of carbonyl (C=O) groups excluding carboxylic acids is 1. The van der Waals surface area contributed by atoms with E-state index in [1.54, 1.807) is 10.7 Å². The van der Waals surface area contributed by atoms with Crippen molar-refractivity contribution in [3.05, 3.63) is 39.7 Å². The first-order valence-electron chi connectivity index (χ1n) is 8.08. The van der Waals surface area contributed by atoms with Crippen molar-refractivity contribution in [2.45, 2.75) is 38.8 Å². The number of rotatable bonds is 5. The van der Waals surface area contributed by atoms with Crippen molar-refractivity contribution in [1.82, 2.24) is 9.78 Å². The Morgan fingerprint density at radius 2 is 1.96 bits per heavy atom. The maximum absolute atomic E-state index is 12.5. The van der Waals surface area contributed by atoms with E-state index in [1.807, 2.05) is 13.8 Å². The zero-order valence-corrected chi connectivity index (χ0v) is 14.5. The molecule has 2 N–H and O–H groups in total. The molecule has 0 unspecified atom stereocenters. The van der Waals surface area contributed by atoms with Crippen molar-refractivity contribution in [2.24, 2.45) is 0 Å². The lowest BCUT2D eigenvalue weighted by Crippen LogP contribution is -2.27. The summed E-state index contributed by atoms with van der Waals surface area (Å²) in [5.41, 5.74) is 0.736. The van der Waals surface area contributed by atoms with E-state index in [4.69, 9.17) is 4.74 Å².